The van der Waals surface area contributed by atoms with Crippen LogP contribution in [0.5, 0.6) is 11.5 Å². The zero-order valence-electron chi connectivity index (χ0n) is 12.7. The van der Waals surface area contributed by atoms with E-state index in [0.29, 0.717) is 17.1 Å². The first kappa shape index (κ1) is 15.1. The maximum absolute atomic E-state index is 12.2. The average molecular weight is 284 g/mol. The van der Waals surface area contributed by atoms with Crippen LogP contribution in [-0.2, 0) is 6.42 Å². The lowest BCUT2D eigenvalue weighted by Crippen LogP contribution is -2.12. The first-order valence-electron chi connectivity index (χ1n) is 7.03. The highest BCUT2D eigenvalue weighted by Crippen LogP contribution is 2.21. The number of benzene rings is 2. The van der Waals surface area contributed by atoms with Crippen molar-refractivity contribution in [2.24, 2.45) is 0 Å². The lowest BCUT2D eigenvalue weighted by Gasteiger charge is -2.10. The molecule has 0 N–H and O–H groups in total. The molecule has 0 heterocycles. The Bertz CT molecular complexity index is 615. The van der Waals surface area contributed by atoms with Crippen molar-refractivity contribution in [2.75, 3.05) is 13.7 Å². The highest BCUT2D eigenvalue weighted by atomic mass is 16.5. The standard InChI is InChI=1S/C18H20O3/c1-4-14-6-8-15(9-7-14)21-12-17(19)16-10-5-13(2)11-18(16)20-3/h5-11H,4,12H2,1-3H3. The highest BCUT2D eigenvalue weighted by Gasteiger charge is 2.13. The summed E-state index contributed by atoms with van der Waals surface area (Å²) in [7, 11) is 1.57. The van der Waals surface area contributed by atoms with Crippen molar-refractivity contribution in [1.82, 2.24) is 0 Å². The van der Waals surface area contributed by atoms with Crippen LogP contribution in [0.2, 0.25) is 0 Å². The Morgan fingerprint density at radius 3 is 2.43 bits per heavy atom. The number of hydrogen-bond donors (Lipinski definition) is 0. The minimum atomic E-state index is -0.0913. The SMILES string of the molecule is CCc1ccc(OCC(=O)c2ccc(C)cc2OC)cc1. The molecule has 0 atom stereocenters. The molecule has 0 aliphatic carbocycles. The molecular weight excluding hydrogens is 264 g/mol. The molecule has 0 radical (unpaired) electrons. The second-order valence-corrected chi connectivity index (χ2v) is 4.91. The molecule has 0 aromatic heterocycles. The molecule has 3 heteroatoms. The molecule has 110 valence electrons. The van der Waals surface area contributed by atoms with Crippen molar-refractivity contribution < 1.29 is 14.3 Å². The molecule has 0 unspecified atom stereocenters. The third-order valence-corrected chi connectivity index (χ3v) is 3.36. The van der Waals surface area contributed by atoms with E-state index in [1.54, 1.807) is 13.2 Å². The second-order valence-electron chi connectivity index (χ2n) is 4.91. The molecular formula is C18H20O3. The Hall–Kier alpha value is -2.29. The highest BCUT2D eigenvalue weighted by molar-refractivity contribution is 5.99. The number of ketones is 1. The Morgan fingerprint density at radius 1 is 1.10 bits per heavy atom. The molecule has 0 saturated heterocycles. The first-order chi connectivity index (χ1) is 10.1. The Balaban J connectivity index is 2.04. The van der Waals surface area contributed by atoms with Gasteiger partial charge in [-0.15, -0.1) is 0 Å². The summed E-state index contributed by atoms with van der Waals surface area (Å²) in [5.41, 5.74) is 2.85. The van der Waals surface area contributed by atoms with Gasteiger partial charge >= 0.3 is 0 Å². The molecule has 2 aromatic carbocycles. The largest absolute Gasteiger partial charge is 0.496 e. The van der Waals surface area contributed by atoms with E-state index in [1.807, 2.05) is 43.3 Å². The van der Waals surface area contributed by atoms with Gasteiger partial charge in [0.25, 0.3) is 0 Å². The summed E-state index contributed by atoms with van der Waals surface area (Å²) in [6.07, 6.45) is 0.986. The molecule has 21 heavy (non-hydrogen) atoms. The number of ether oxygens (including phenoxy) is 2. The first-order valence-corrected chi connectivity index (χ1v) is 7.03. The number of rotatable bonds is 6. The molecule has 3 nitrogen and oxygen atoms in total. The van der Waals surface area contributed by atoms with Crippen LogP contribution >= 0.6 is 0 Å². The number of aryl methyl sites for hydroxylation is 2. The van der Waals surface area contributed by atoms with Gasteiger partial charge in [0.15, 0.2) is 6.61 Å². The van der Waals surface area contributed by atoms with Gasteiger partial charge < -0.3 is 9.47 Å². The van der Waals surface area contributed by atoms with E-state index in [2.05, 4.69) is 6.92 Å². The van der Waals surface area contributed by atoms with Gasteiger partial charge in [0.2, 0.25) is 5.78 Å². The van der Waals surface area contributed by atoms with Crippen molar-refractivity contribution >= 4 is 5.78 Å². The molecule has 0 saturated carbocycles. The maximum Gasteiger partial charge on any atom is 0.203 e. The summed E-state index contributed by atoms with van der Waals surface area (Å²) in [5, 5.41) is 0. The fourth-order valence-corrected chi connectivity index (χ4v) is 2.08. The van der Waals surface area contributed by atoms with E-state index in [0.717, 1.165) is 12.0 Å². The van der Waals surface area contributed by atoms with Crippen molar-refractivity contribution in [3.05, 3.63) is 59.2 Å². The third kappa shape index (κ3) is 3.85. The van der Waals surface area contributed by atoms with Crippen LogP contribution in [0.1, 0.15) is 28.4 Å². The van der Waals surface area contributed by atoms with Crippen LogP contribution in [0.3, 0.4) is 0 Å². The summed E-state index contributed by atoms with van der Waals surface area (Å²) >= 11 is 0. The van der Waals surface area contributed by atoms with E-state index in [-0.39, 0.29) is 12.4 Å². The zero-order chi connectivity index (χ0) is 15.2. The van der Waals surface area contributed by atoms with Gasteiger partial charge in [0.05, 0.1) is 12.7 Å². The van der Waals surface area contributed by atoms with Crippen LogP contribution in [0.4, 0.5) is 0 Å². The molecule has 0 amide bonds. The number of carbonyl (C=O) groups is 1. The van der Waals surface area contributed by atoms with Crippen molar-refractivity contribution in [1.29, 1.82) is 0 Å². The summed E-state index contributed by atoms with van der Waals surface area (Å²) in [5.74, 6) is 1.20. The fraction of sp³-hybridized carbons (Fsp3) is 0.278. The molecule has 2 aromatic rings. The molecule has 0 aliphatic heterocycles. The summed E-state index contributed by atoms with van der Waals surface area (Å²) in [4.78, 5) is 12.2. The predicted molar refractivity (Wildman–Crippen MR) is 83.4 cm³/mol. The van der Waals surface area contributed by atoms with E-state index in [9.17, 15) is 4.79 Å². The van der Waals surface area contributed by atoms with Gasteiger partial charge in [-0.05, 0) is 48.7 Å². The van der Waals surface area contributed by atoms with Crippen LogP contribution in [0.25, 0.3) is 0 Å². The lowest BCUT2D eigenvalue weighted by molar-refractivity contribution is 0.0918. The summed E-state index contributed by atoms with van der Waals surface area (Å²) in [6, 6.07) is 13.3. The Kier molecular flexibility index (Phi) is 4.99. The number of Topliss-reactive ketones (excluding diaryl/α,β-unsaturated/α-hetero) is 1. The smallest absolute Gasteiger partial charge is 0.203 e. The normalized spacial score (nSPS) is 10.2. The second kappa shape index (κ2) is 6.93. The van der Waals surface area contributed by atoms with E-state index in [1.165, 1.54) is 5.56 Å². The zero-order valence-corrected chi connectivity index (χ0v) is 12.7. The van der Waals surface area contributed by atoms with Gasteiger partial charge in [-0.1, -0.05) is 25.1 Å². The van der Waals surface area contributed by atoms with Crippen molar-refractivity contribution in [2.45, 2.75) is 20.3 Å². The minimum absolute atomic E-state index is 0.00485. The molecule has 0 spiro atoms. The van der Waals surface area contributed by atoms with Gasteiger partial charge in [0.1, 0.15) is 11.5 Å². The quantitative estimate of drug-likeness (QED) is 0.756. The molecule has 0 bridgehead atoms. The van der Waals surface area contributed by atoms with Crippen molar-refractivity contribution in [3.63, 3.8) is 0 Å². The molecule has 0 fully saturated rings. The molecule has 0 aliphatic rings. The van der Waals surface area contributed by atoms with Crippen LogP contribution in [0, 0.1) is 6.92 Å². The summed E-state index contributed by atoms with van der Waals surface area (Å²) < 4.78 is 10.8. The summed E-state index contributed by atoms with van der Waals surface area (Å²) in [6.45, 7) is 4.07. The maximum atomic E-state index is 12.2. The van der Waals surface area contributed by atoms with Gasteiger partial charge in [-0.25, -0.2) is 0 Å². The van der Waals surface area contributed by atoms with Gasteiger partial charge in [-0.3, -0.25) is 4.79 Å². The van der Waals surface area contributed by atoms with E-state index < -0.39 is 0 Å². The predicted octanol–water partition coefficient (Wildman–Crippen LogP) is 3.83. The minimum Gasteiger partial charge on any atom is -0.496 e. The average Bonchev–Trinajstić information content (AvgIpc) is 2.52. The number of methoxy groups -OCH3 is 1. The monoisotopic (exact) mass is 284 g/mol. The van der Waals surface area contributed by atoms with Crippen LogP contribution in [-0.4, -0.2) is 19.5 Å². The van der Waals surface area contributed by atoms with Crippen molar-refractivity contribution in [3.8, 4) is 11.5 Å². The topological polar surface area (TPSA) is 35.5 Å². The fourth-order valence-electron chi connectivity index (χ4n) is 2.08. The Morgan fingerprint density at radius 2 is 1.81 bits per heavy atom. The van der Waals surface area contributed by atoms with E-state index >= 15 is 0 Å². The van der Waals surface area contributed by atoms with Gasteiger partial charge in [0, 0.05) is 0 Å². The third-order valence-electron chi connectivity index (χ3n) is 3.36. The Labute approximate surface area is 125 Å². The number of carbonyl (C=O) groups excluding carboxylic acids is 1. The van der Waals surface area contributed by atoms with Crippen LogP contribution in [0.15, 0.2) is 42.5 Å². The van der Waals surface area contributed by atoms with Gasteiger partial charge in [-0.2, -0.15) is 0 Å². The number of hydrogen-bond acceptors (Lipinski definition) is 3. The lowest BCUT2D eigenvalue weighted by atomic mass is 10.1. The van der Waals surface area contributed by atoms with Crippen LogP contribution < -0.4 is 9.47 Å². The van der Waals surface area contributed by atoms with E-state index in [4.69, 9.17) is 9.47 Å². The molecule has 2 rings (SSSR count).